The van der Waals surface area contributed by atoms with Gasteiger partial charge in [0.15, 0.2) is 5.82 Å². The zero-order valence-electron chi connectivity index (χ0n) is 11.3. The van der Waals surface area contributed by atoms with Gasteiger partial charge >= 0.3 is 0 Å². The number of fused-ring (bicyclic) bond motifs is 3. The van der Waals surface area contributed by atoms with Crippen LogP contribution >= 0.6 is 0 Å². The maximum atomic E-state index is 5.90. The van der Waals surface area contributed by atoms with E-state index >= 15 is 0 Å². The predicted molar refractivity (Wildman–Crippen MR) is 70.8 cm³/mol. The first-order valence-electron chi connectivity index (χ1n) is 7.70. The lowest BCUT2D eigenvalue weighted by Crippen LogP contribution is -2.43. The van der Waals surface area contributed by atoms with Crippen molar-refractivity contribution in [1.29, 1.82) is 0 Å². The molecule has 1 aromatic rings. The summed E-state index contributed by atoms with van der Waals surface area (Å²) in [6, 6.07) is 1.20. The molecule has 1 aromatic heterocycles. The molecule has 0 saturated carbocycles. The molecule has 2 saturated heterocycles. The predicted octanol–water partition coefficient (Wildman–Crippen LogP) is 1.59. The first kappa shape index (κ1) is 11.9. The quantitative estimate of drug-likeness (QED) is 0.835. The van der Waals surface area contributed by atoms with E-state index in [1.165, 1.54) is 32.1 Å². The number of rotatable bonds is 1. The highest BCUT2D eigenvalue weighted by atomic mass is 16.5. The molecule has 0 amide bonds. The zero-order valence-corrected chi connectivity index (χ0v) is 11.3. The molecule has 104 valence electrons. The maximum Gasteiger partial charge on any atom is 0.162 e. The molecule has 3 unspecified atom stereocenters. The van der Waals surface area contributed by atoms with Crippen molar-refractivity contribution < 1.29 is 4.74 Å². The van der Waals surface area contributed by atoms with Gasteiger partial charge in [0.25, 0.3) is 0 Å². The van der Waals surface area contributed by atoms with E-state index < -0.39 is 0 Å². The van der Waals surface area contributed by atoms with E-state index in [1.807, 2.05) is 0 Å². The molecular weight excluding hydrogens is 240 g/mol. The largest absolute Gasteiger partial charge is 0.370 e. The van der Waals surface area contributed by atoms with Gasteiger partial charge in [0.1, 0.15) is 11.9 Å². The smallest absolute Gasteiger partial charge is 0.162 e. The normalized spacial score (nSPS) is 34.6. The fraction of sp³-hybridized carbons (Fsp3) is 0.857. The molecule has 4 heterocycles. The van der Waals surface area contributed by atoms with Crippen molar-refractivity contribution in [3.63, 3.8) is 0 Å². The van der Waals surface area contributed by atoms with Crippen LogP contribution in [-0.4, -0.2) is 33.5 Å². The van der Waals surface area contributed by atoms with Crippen LogP contribution < -0.4 is 5.32 Å². The van der Waals surface area contributed by atoms with Gasteiger partial charge < -0.3 is 14.6 Å². The maximum absolute atomic E-state index is 5.90. The highest BCUT2D eigenvalue weighted by molar-refractivity contribution is 5.06. The van der Waals surface area contributed by atoms with Gasteiger partial charge in [-0.15, -0.1) is 10.2 Å². The minimum Gasteiger partial charge on any atom is -0.370 e. The topological polar surface area (TPSA) is 52.0 Å². The SMILES string of the molecule is C1CCC(c2nnc3n2CC2CCCC(C3)N2)OC1. The van der Waals surface area contributed by atoms with Crippen LogP contribution in [0.1, 0.15) is 56.3 Å². The molecule has 5 heteroatoms. The summed E-state index contributed by atoms with van der Waals surface area (Å²) in [5.74, 6) is 2.23. The molecule has 3 aliphatic heterocycles. The second-order valence-corrected chi connectivity index (χ2v) is 6.14. The first-order chi connectivity index (χ1) is 9.40. The van der Waals surface area contributed by atoms with Crippen LogP contribution in [0.4, 0.5) is 0 Å². The number of hydrogen-bond acceptors (Lipinski definition) is 4. The Labute approximate surface area is 113 Å². The highest BCUT2D eigenvalue weighted by Gasteiger charge is 2.31. The van der Waals surface area contributed by atoms with Gasteiger partial charge in [0.2, 0.25) is 0 Å². The summed E-state index contributed by atoms with van der Waals surface area (Å²) in [5.41, 5.74) is 0. The van der Waals surface area contributed by atoms with Crippen LogP contribution in [0.25, 0.3) is 0 Å². The van der Waals surface area contributed by atoms with E-state index in [1.54, 1.807) is 0 Å². The van der Waals surface area contributed by atoms with E-state index in [9.17, 15) is 0 Å². The summed E-state index contributed by atoms with van der Waals surface area (Å²) >= 11 is 0. The van der Waals surface area contributed by atoms with E-state index in [4.69, 9.17) is 4.74 Å². The molecule has 1 N–H and O–H groups in total. The fourth-order valence-corrected chi connectivity index (χ4v) is 3.74. The van der Waals surface area contributed by atoms with Crippen molar-refractivity contribution in [1.82, 2.24) is 20.1 Å². The Morgan fingerprint density at radius 3 is 2.89 bits per heavy atom. The second-order valence-electron chi connectivity index (χ2n) is 6.14. The molecule has 2 bridgehead atoms. The van der Waals surface area contributed by atoms with Gasteiger partial charge in [-0.3, -0.25) is 0 Å². The molecule has 19 heavy (non-hydrogen) atoms. The Morgan fingerprint density at radius 2 is 2.00 bits per heavy atom. The molecule has 3 aliphatic rings. The second kappa shape index (κ2) is 4.87. The Hall–Kier alpha value is -0.940. The Kier molecular flexibility index (Phi) is 3.04. The van der Waals surface area contributed by atoms with Crippen LogP contribution in [0.15, 0.2) is 0 Å². The summed E-state index contributed by atoms with van der Waals surface area (Å²) in [6.07, 6.45) is 8.62. The number of nitrogens with one attached hydrogen (secondary N) is 1. The Morgan fingerprint density at radius 1 is 1.05 bits per heavy atom. The van der Waals surface area contributed by atoms with Crippen molar-refractivity contribution in [2.75, 3.05) is 6.61 Å². The summed E-state index contributed by atoms with van der Waals surface area (Å²) in [5, 5.41) is 12.6. The lowest BCUT2D eigenvalue weighted by Gasteiger charge is -2.28. The third kappa shape index (κ3) is 2.19. The van der Waals surface area contributed by atoms with Gasteiger partial charge in [-0.1, -0.05) is 6.42 Å². The summed E-state index contributed by atoms with van der Waals surface area (Å²) in [4.78, 5) is 0. The molecule has 0 aliphatic carbocycles. The number of aromatic nitrogens is 3. The lowest BCUT2D eigenvalue weighted by molar-refractivity contribution is 0.00681. The molecule has 3 atom stereocenters. The van der Waals surface area contributed by atoms with E-state index in [0.29, 0.717) is 12.1 Å². The summed E-state index contributed by atoms with van der Waals surface area (Å²) < 4.78 is 8.24. The number of piperidine rings is 1. The van der Waals surface area contributed by atoms with E-state index in [-0.39, 0.29) is 6.10 Å². The van der Waals surface area contributed by atoms with Gasteiger partial charge in [0.05, 0.1) is 0 Å². The van der Waals surface area contributed by atoms with Crippen LogP contribution in [0.3, 0.4) is 0 Å². The van der Waals surface area contributed by atoms with Gasteiger partial charge in [-0.2, -0.15) is 0 Å². The lowest BCUT2D eigenvalue weighted by atomic mass is 9.98. The molecule has 4 rings (SSSR count). The fourth-order valence-electron chi connectivity index (χ4n) is 3.74. The van der Waals surface area contributed by atoms with E-state index in [2.05, 4.69) is 20.1 Å². The van der Waals surface area contributed by atoms with Crippen molar-refractivity contribution in [3.8, 4) is 0 Å². The summed E-state index contributed by atoms with van der Waals surface area (Å²) in [7, 11) is 0. The standard InChI is InChI=1S/C14H22N4O/c1-2-7-19-12(6-1)14-17-16-13-8-10-4-3-5-11(15-10)9-18(13)14/h10-12,15H,1-9H2. The molecule has 5 nitrogen and oxygen atoms in total. The average molecular weight is 262 g/mol. The van der Waals surface area contributed by atoms with E-state index in [0.717, 1.165) is 37.6 Å². The zero-order chi connectivity index (χ0) is 12.7. The highest BCUT2D eigenvalue weighted by Crippen LogP contribution is 2.29. The van der Waals surface area contributed by atoms with Crippen LogP contribution in [0.2, 0.25) is 0 Å². The molecule has 2 fully saturated rings. The monoisotopic (exact) mass is 262 g/mol. The molecule has 0 radical (unpaired) electrons. The van der Waals surface area contributed by atoms with Crippen molar-refractivity contribution in [3.05, 3.63) is 11.6 Å². The van der Waals surface area contributed by atoms with Gasteiger partial charge in [-0.05, 0) is 32.1 Å². The minimum atomic E-state index is 0.174. The molecular formula is C14H22N4O. The molecule has 0 aromatic carbocycles. The van der Waals surface area contributed by atoms with Gasteiger partial charge in [0, 0.05) is 31.7 Å². The Bertz CT molecular complexity index is 452. The van der Waals surface area contributed by atoms with Crippen molar-refractivity contribution in [2.24, 2.45) is 0 Å². The van der Waals surface area contributed by atoms with Crippen LogP contribution in [0.5, 0.6) is 0 Å². The van der Waals surface area contributed by atoms with Crippen molar-refractivity contribution >= 4 is 0 Å². The minimum absolute atomic E-state index is 0.174. The molecule has 0 spiro atoms. The third-order valence-electron chi connectivity index (χ3n) is 4.73. The average Bonchev–Trinajstić information content (AvgIpc) is 2.78. The van der Waals surface area contributed by atoms with Crippen molar-refractivity contribution in [2.45, 2.75) is 69.7 Å². The summed E-state index contributed by atoms with van der Waals surface area (Å²) in [6.45, 7) is 1.89. The number of ether oxygens (including phenoxy) is 1. The first-order valence-corrected chi connectivity index (χ1v) is 7.70. The third-order valence-corrected chi connectivity index (χ3v) is 4.73. The number of nitrogens with zero attached hydrogens (tertiary/aromatic N) is 3. The van der Waals surface area contributed by atoms with Crippen LogP contribution in [-0.2, 0) is 17.7 Å². The Balaban J connectivity index is 1.64. The number of hydrogen-bond donors (Lipinski definition) is 1. The van der Waals surface area contributed by atoms with Gasteiger partial charge in [-0.25, -0.2) is 0 Å². The van der Waals surface area contributed by atoms with Crippen LogP contribution in [0, 0.1) is 0 Å².